The van der Waals surface area contributed by atoms with Crippen LogP contribution in [0.4, 0.5) is 0 Å². The minimum atomic E-state index is 0.139. The van der Waals surface area contributed by atoms with Gasteiger partial charge in [-0.1, -0.05) is 35.0 Å². The molecule has 3 rings (SSSR count). The second-order valence-corrected chi connectivity index (χ2v) is 7.58. The Morgan fingerprint density at radius 1 is 1.41 bits per heavy atom. The van der Waals surface area contributed by atoms with Crippen LogP contribution >= 0.6 is 27.3 Å². The number of carbonyl (C=O) groups is 1. The number of amides is 1. The lowest BCUT2D eigenvalue weighted by Crippen LogP contribution is -2.30. The Kier molecular flexibility index (Phi) is 4.64. The maximum atomic E-state index is 12.9. The fourth-order valence-corrected chi connectivity index (χ4v) is 4.20. The first-order valence-corrected chi connectivity index (χ1v) is 9.24. The van der Waals surface area contributed by atoms with E-state index in [9.17, 15) is 4.79 Å². The summed E-state index contributed by atoms with van der Waals surface area (Å²) in [5, 5.41) is 1.04. The topological polar surface area (TPSA) is 33.2 Å². The lowest BCUT2D eigenvalue weighted by atomic mass is 10.0. The number of aryl methyl sites for hydroxylation is 2. The molecule has 116 valence electrons. The molecule has 1 aliphatic rings. The lowest BCUT2D eigenvalue weighted by molar-refractivity contribution is 0.0739. The molecule has 3 nitrogen and oxygen atoms in total. The van der Waals surface area contributed by atoms with Crippen molar-refractivity contribution in [2.75, 3.05) is 6.54 Å². The molecule has 0 aliphatic carbocycles. The highest BCUT2D eigenvalue weighted by Crippen LogP contribution is 2.35. The zero-order chi connectivity index (χ0) is 15.7. The molecule has 22 heavy (non-hydrogen) atoms. The van der Waals surface area contributed by atoms with Gasteiger partial charge in [0, 0.05) is 11.0 Å². The Bertz CT molecular complexity index is 680. The molecule has 1 aromatic heterocycles. The largest absolute Gasteiger partial charge is 0.331 e. The predicted octanol–water partition coefficient (Wildman–Crippen LogP) is 4.75. The van der Waals surface area contributed by atoms with Crippen LogP contribution in [0.3, 0.4) is 0 Å². The molecule has 0 radical (unpaired) electrons. The van der Waals surface area contributed by atoms with Crippen molar-refractivity contribution in [1.82, 2.24) is 9.88 Å². The Morgan fingerprint density at radius 2 is 2.14 bits per heavy atom. The number of likely N-dealkylation sites (tertiary alicyclic amines) is 1. The highest BCUT2D eigenvalue weighted by atomic mass is 79.9. The van der Waals surface area contributed by atoms with Crippen LogP contribution in [0.25, 0.3) is 0 Å². The van der Waals surface area contributed by atoms with E-state index in [1.54, 1.807) is 11.3 Å². The van der Waals surface area contributed by atoms with Gasteiger partial charge in [0.1, 0.15) is 4.88 Å². The van der Waals surface area contributed by atoms with Crippen molar-refractivity contribution >= 4 is 33.2 Å². The minimum absolute atomic E-state index is 0.139. The Morgan fingerprint density at radius 3 is 2.77 bits per heavy atom. The van der Waals surface area contributed by atoms with Crippen molar-refractivity contribution in [3.8, 4) is 0 Å². The normalized spacial score (nSPS) is 18.0. The van der Waals surface area contributed by atoms with Crippen LogP contribution in [-0.2, 0) is 6.42 Å². The van der Waals surface area contributed by atoms with Crippen LogP contribution < -0.4 is 0 Å². The van der Waals surface area contributed by atoms with Gasteiger partial charge >= 0.3 is 0 Å². The molecule has 0 bridgehead atoms. The van der Waals surface area contributed by atoms with Crippen LogP contribution in [0.1, 0.15) is 51.7 Å². The summed E-state index contributed by atoms with van der Waals surface area (Å²) in [5.74, 6) is 0.139. The fourth-order valence-electron chi connectivity index (χ4n) is 2.97. The Hall–Kier alpha value is -1.20. The molecule has 0 spiro atoms. The molecule has 2 aromatic rings. The first-order chi connectivity index (χ1) is 10.6. The number of hydrogen-bond donors (Lipinski definition) is 0. The van der Waals surface area contributed by atoms with E-state index in [1.807, 2.05) is 24.0 Å². The number of thiazole rings is 1. The first-order valence-electron chi connectivity index (χ1n) is 7.63. The summed E-state index contributed by atoms with van der Waals surface area (Å²) in [5.41, 5.74) is 2.08. The number of benzene rings is 1. The summed E-state index contributed by atoms with van der Waals surface area (Å²) in [7, 11) is 0. The van der Waals surface area contributed by atoms with Gasteiger partial charge in [0.15, 0.2) is 0 Å². The molecule has 1 saturated heterocycles. The summed E-state index contributed by atoms with van der Waals surface area (Å²) < 4.78 is 1.07. The quantitative estimate of drug-likeness (QED) is 0.771. The molecule has 1 aliphatic heterocycles. The lowest BCUT2D eigenvalue weighted by Gasteiger charge is -2.24. The van der Waals surface area contributed by atoms with Crippen molar-refractivity contribution in [1.29, 1.82) is 0 Å². The zero-order valence-electron chi connectivity index (χ0n) is 12.8. The van der Waals surface area contributed by atoms with Crippen molar-refractivity contribution in [2.45, 2.75) is 39.2 Å². The number of halogens is 1. The summed E-state index contributed by atoms with van der Waals surface area (Å²) in [6.45, 7) is 4.85. The summed E-state index contributed by atoms with van der Waals surface area (Å²) in [6, 6.07) is 8.49. The van der Waals surface area contributed by atoms with Gasteiger partial charge in [-0.2, -0.15) is 0 Å². The molecule has 1 atom stereocenters. The molecule has 5 heteroatoms. The smallest absolute Gasteiger partial charge is 0.266 e. The highest BCUT2D eigenvalue weighted by molar-refractivity contribution is 9.10. The Balaban J connectivity index is 1.87. The van der Waals surface area contributed by atoms with Gasteiger partial charge in [-0.05, 0) is 43.9 Å². The van der Waals surface area contributed by atoms with Gasteiger partial charge in [-0.25, -0.2) is 4.98 Å². The SMILES string of the molecule is CCc1nc(C)c(C(=O)N2CCCC2c2ccc(Br)cc2)s1. The van der Waals surface area contributed by atoms with Gasteiger partial charge in [0.2, 0.25) is 0 Å². The van der Waals surface area contributed by atoms with E-state index < -0.39 is 0 Å². The summed E-state index contributed by atoms with van der Waals surface area (Å²) >= 11 is 5.01. The molecule has 1 unspecified atom stereocenters. The average Bonchev–Trinajstić information content (AvgIpc) is 3.14. The number of nitrogens with zero attached hydrogens (tertiary/aromatic N) is 2. The second kappa shape index (κ2) is 6.50. The van der Waals surface area contributed by atoms with E-state index in [0.29, 0.717) is 0 Å². The van der Waals surface area contributed by atoms with Crippen LogP contribution in [0.2, 0.25) is 0 Å². The minimum Gasteiger partial charge on any atom is -0.331 e. The van der Waals surface area contributed by atoms with Crippen molar-refractivity contribution in [3.05, 3.63) is 49.9 Å². The molecular weight excluding hydrogens is 360 g/mol. The standard InChI is InChI=1S/C17H19BrN2OS/c1-3-15-19-11(2)16(22-15)17(21)20-10-4-5-14(20)12-6-8-13(18)9-7-12/h6-9,14H,3-5,10H2,1-2H3. The fraction of sp³-hybridized carbons (Fsp3) is 0.412. The average molecular weight is 379 g/mol. The molecule has 2 heterocycles. The van der Waals surface area contributed by atoms with Crippen LogP contribution in [0, 0.1) is 6.92 Å². The van der Waals surface area contributed by atoms with E-state index in [4.69, 9.17) is 0 Å². The third kappa shape index (κ3) is 2.97. The molecule has 1 aromatic carbocycles. The van der Waals surface area contributed by atoms with Crippen molar-refractivity contribution < 1.29 is 4.79 Å². The number of hydrogen-bond acceptors (Lipinski definition) is 3. The zero-order valence-corrected chi connectivity index (χ0v) is 15.2. The van der Waals surface area contributed by atoms with Gasteiger partial charge in [-0.3, -0.25) is 4.79 Å². The van der Waals surface area contributed by atoms with Gasteiger partial charge in [0.25, 0.3) is 5.91 Å². The number of rotatable bonds is 3. The van der Waals surface area contributed by atoms with Gasteiger partial charge < -0.3 is 4.90 Å². The second-order valence-electron chi connectivity index (χ2n) is 5.58. The molecule has 0 saturated carbocycles. The Labute approximate surface area is 143 Å². The number of aromatic nitrogens is 1. The van der Waals surface area contributed by atoms with Crippen molar-refractivity contribution in [2.24, 2.45) is 0 Å². The van der Waals surface area contributed by atoms with Crippen LogP contribution in [-0.4, -0.2) is 22.3 Å². The third-order valence-corrected chi connectivity index (χ3v) is 5.92. The highest BCUT2D eigenvalue weighted by Gasteiger charge is 2.32. The van der Waals surface area contributed by atoms with Crippen LogP contribution in [0.5, 0.6) is 0 Å². The van der Waals surface area contributed by atoms with Gasteiger partial charge in [0.05, 0.1) is 16.7 Å². The summed E-state index contributed by atoms with van der Waals surface area (Å²) in [6.07, 6.45) is 2.98. The summed E-state index contributed by atoms with van der Waals surface area (Å²) in [4.78, 5) is 20.3. The molecule has 1 fully saturated rings. The van der Waals surface area contributed by atoms with Gasteiger partial charge in [-0.15, -0.1) is 11.3 Å². The predicted molar refractivity (Wildman–Crippen MR) is 93.4 cm³/mol. The molecule has 1 amide bonds. The van der Waals surface area contributed by atoms with E-state index in [0.717, 1.165) is 45.9 Å². The van der Waals surface area contributed by atoms with E-state index in [2.05, 4.69) is 40.0 Å². The number of carbonyl (C=O) groups excluding carboxylic acids is 1. The first kappa shape index (κ1) is 15.7. The molecule has 0 N–H and O–H groups in total. The van der Waals surface area contributed by atoms with E-state index in [-0.39, 0.29) is 11.9 Å². The molecular formula is C17H19BrN2OS. The van der Waals surface area contributed by atoms with E-state index >= 15 is 0 Å². The maximum absolute atomic E-state index is 12.9. The van der Waals surface area contributed by atoms with Crippen LogP contribution in [0.15, 0.2) is 28.7 Å². The monoisotopic (exact) mass is 378 g/mol. The van der Waals surface area contributed by atoms with Crippen molar-refractivity contribution in [3.63, 3.8) is 0 Å². The maximum Gasteiger partial charge on any atom is 0.266 e. The van der Waals surface area contributed by atoms with E-state index in [1.165, 1.54) is 5.56 Å². The third-order valence-electron chi connectivity index (χ3n) is 4.11.